The summed E-state index contributed by atoms with van der Waals surface area (Å²) in [6.07, 6.45) is 5.15. The summed E-state index contributed by atoms with van der Waals surface area (Å²) in [6.45, 7) is 8.57. The van der Waals surface area contributed by atoms with Gasteiger partial charge in [-0.05, 0) is 50.7 Å². The van der Waals surface area contributed by atoms with Crippen LogP contribution in [0.1, 0.15) is 43.7 Å². The molecule has 22 heavy (non-hydrogen) atoms. The van der Waals surface area contributed by atoms with Gasteiger partial charge in [0.25, 0.3) is 0 Å². The largest absolute Gasteiger partial charge is 0.357 e. The first-order valence-corrected chi connectivity index (χ1v) is 8.34. The molecule has 0 radical (unpaired) electrons. The Bertz CT molecular complexity index is 517. The fourth-order valence-electron chi connectivity index (χ4n) is 3.41. The molecule has 0 unspecified atom stereocenters. The lowest BCUT2D eigenvalue weighted by Gasteiger charge is -2.22. The molecule has 2 aliphatic rings. The highest BCUT2D eigenvalue weighted by Crippen LogP contribution is 2.49. The lowest BCUT2D eigenvalue weighted by atomic mass is 9.92. The number of benzene rings is 1. The Hall–Kier alpha value is -0.780. The highest BCUT2D eigenvalue weighted by Gasteiger charge is 2.45. The molecule has 1 saturated heterocycles. The summed E-state index contributed by atoms with van der Waals surface area (Å²) in [5.74, 6) is 1.12. The number of hydrogen-bond donors (Lipinski definition) is 1. The molecule has 4 heteroatoms. The minimum absolute atomic E-state index is 0. The van der Waals surface area contributed by atoms with Gasteiger partial charge in [0.2, 0.25) is 0 Å². The maximum absolute atomic E-state index is 4.98. The van der Waals surface area contributed by atoms with Gasteiger partial charge >= 0.3 is 0 Å². The molecule has 1 heterocycles. The molecule has 1 aliphatic carbocycles. The minimum atomic E-state index is 0. The number of likely N-dealkylation sites (tertiary alicyclic amines) is 1. The molecule has 0 bridgehead atoms. The summed E-state index contributed by atoms with van der Waals surface area (Å²) >= 11 is 0. The maximum Gasteiger partial charge on any atom is 0.193 e. The molecular weight excluding hydrogens is 385 g/mol. The number of guanidine groups is 1. The van der Waals surface area contributed by atoms with Crippen molar-refractivity contribution in [3.05, 3.63) is 35.4 Å². The van der Waals surface area contributed by atoms with Gasteiger partial charge in [-0.25, -0.2) is 0 Å². The summed E-state index contributed by atoms with van der Waals surface area (Å²) in [4.78, 5) is 7.39. The van der Waals surface area contributed by atoms with Crippen LogP contribution in [0.3, 0.4) is 0 Å². The maximum atomic E-state index is 4.98. The Morgan fingerprint density at radius 2 is 1.91 bits per heavy atom. The molecule has 0 atom stereocenters. The monoisotopic (exact) mass is 413 g/mol. The molecule has 3 rings (SSSR count). The van der Waals surface area contributed by atoms with Crippen LogP contribution < -0.4 is 5.32 Å². The summed E-state index contributed by atoms with van der Waals surface area (Å²) in [6, 6.07) is 8.82. The van der Waals surface area contributed by atoms with E-state index in [2.05, 4.69) is 48.3 Å². The second-order valence-corrected chi connectivity index (χ2v) is 6.46. The molecule has 122 valence electrons. The van der Waals surface area contributed by atoms with Crippen molar-refractivity contribution in [1.29, 1.82) is 0 Å². The number of nitrogens with zero attached hydrogens (tertiary/aromatic N) is 2. The van der Waals surface area contributed by atoms with Gasteiger partial charge in [-0.1, -0.05) is 24.3 Å². The average Bonchev–Trinajstić information content (AvgIpc) is 3.08. The lowest BCUT2D eigenvalue weighted by molar-refractivity contribution is 0.491. The van der Waals surface area contributed by atoms with Gasteiger partial charge in [0, 0.05) is 25.0 Å². The predicted molar refractivity (Wildman–Crippen MR) is 104 cm³/mol. The topological polar surface area (TPSA) is 27.6 Å². The van der Waals surface area contributed by atoms with Crippen molar-refractivity contribution in [2.45, 2.75) is 44.9 Å². The molecule has 0 amide bonds. The average molecular weight is 413 g/mol. The molecule has 1 saturated carbocycles. The van der Waals surface area contributed by atoms with Crippen LogP contribution in [0.25, 0.3) is 0 Å². The molecule has 3 nitrogen and oxygen atoms in total. The zero-order chi connectivity index (χ0) is 14.7. The van der Waals surface area contributed by atoms with Gasteiger partial charge in [-0.15, -0.1) is 24.0 Å². The van der Waals surface area contributed by atoms with Crippen LogP contribution in [0.4, 0.5) is 0 Å². The third-order valence-corrected chi connectivity index (χ3v) is 4.84. The van der Waals surface area contributed by atoms with Gasteiger partial charge in [-0.2, -0.15) is 0 Å². The highest BCUT2D eigenvalue weighted by atomic mass is 127. The second kappa shape index (κ2) is 7.66. The molecule has 0 spiro atoms. The Labute approximate surface area is 151 Å². The third kappa shape index (κ3) is 3.76. The van der Waals surface area contributed by atoms with E-state index in [-0.39, 0.29) is 24.0 Å². The fraction of sp³-hybridized carbons (Fsp3) is 0.611. The summed E-state index contributed by atoms with van der Waals surface area (Å²) in [7, 11) is 0. The van der Waals surface area contributed by atoms with Gasteiger partial charge in [0.15, 0.2) is 5.96 Å². The van der Waals surface area contributed by atoms with Crippen molar-refractivity contribution in [2.75, 3.05) is 26.2 Å². The van der Waals surface area contributed by atoms with E-state index in [0.717, 1.165) is 32.1 Å². The highest BCUT2D eigenvalue weighted by molar-refractivity contribution is 14.0. The van der Waals surface area contributed by atoms with E-state index in [1.165, 1.54) is 36.8 Å². The molecule has 0 aromatic heterocycles. The molecule has 1 aromatic carbocycles. The number of aryl methyl sites for hydroxylation is 1. The van der Waals surface area contributed by atoms with Crippen molar-refractivity contribution >= 4 is 29.9 Å². The number of aliphatic imine (C=N–C) groups is 1. The first-order valence-electron chi connectivity index (χ1n) is 8.34. The van der Waals surface area contributed by atoms with Crippen molar-refractivity contribution in [3.63, 3.8) is 0 Å². The quantitative estimate of drug-likeness (QED) is 0.463. The van der Waals surface area contributed by atoms with Gasteiger partial charge in [-0.3, -0.25) is 4.99 Å². The van der Waals surface area contributed by atoms with E-state index >= 15 is 0 Å². The van der Waals surface area contributed by atoms with Gasteiger partial charge < -0.3 is 10.2 Å². The zero-order valence-corrected chi connectivity index (χ0v) is 16.1. The van der Waals surface area contributed by atoms with Crippen LogP contribution >= 0.6 is 24.0 Å². The standard InChI is InChI=1S/C18H27N3.HI/c1-3-19-17(21-12-6-7-13-21)20-14-18(10-11-18)16-9-5-4-8-15(16)2;/h4-5,8-9H,3,6-7,10-14H2,1-2H3,(H,19,20);1H. The van der Waals surface area contributed by atoms with E-state index in [1.807, 2.05) is 0 Å². The SMILES string of the molecule is CCNC(=NCC1(c2ccccc2C)CC1)N1CCCC1.I. The van der Waals surface area contributed by atoms with Crippen molar-refractivity contribution in [3.8, 4) is 0 Å². The van der Waals surface area contributed by atoms with Crippen molar-refractivity contribution < 1.29 is 0 Å². The second-order valence-electron chi connectivity index (χ2n) is 6.46. The first kappa shape index (κ1) is 17.6. The van der Waals surface area contributed by atoms with E-state index in [1.54, 1.807) is 0 Å². The smallest absolute Gasteiger partial charge is 0.193 e. The predicted octanol–water partition coefficient (Wildman–Crippen LogP) is 3.71. The molecule has 2 fully saturated rings. The zero-order valence-electron chi connectivity index (χ0n) is 13.8. The normalized spacial score (nSPS) is 19.7. The number of halogens is 1. The van der Waals surface area contributed by atoms with E-state index < -0.39 is 0 Å². The molecule has 1 aromatic rings. The number of hydrogen-bond acceptors (Lipinski definition) is 1. The molecular formula is C18H28IN3. The van der Waals surface area contributed by atoms with Gasteiger partial charge in [0.05, 0.1) is 6.54 Å². The van der Waals surface area contributed by atoms with Gasteiger partial charge in [0.1, 0.15) is 0 Å². The van der Waals surface area contributed by atoms with Crippen LogP contribution in [0.5, 0.6) is 0 Å². The first-order chi connectivity index (χ1) is 10.2. The van der Waals surface area contributed by atoms with Crippen LogP contribution in [-0.4, -0.2) is 37.0 Å². The number of nitrogens with one attached hydrogen (secondary N) is 1. The van der Waals surface area contributed by atoms with Crippen molar-refractivity contribution in [2.24, 2.45) is 4.99 Å². The van der Waals surface area contributed by atoms with Crippen LogP contribution in [-0.2, 0) is 5.41 Å². The fourth-order valence-corrected chi connectivity index (χ4v) is 3.41. The number of rotatable bonds is 4. The minimum Gasteiger partial charge on any atom is -0.357 e. The summed E-state index contributed by atoms with van der Waals surface area (Å²) in [5.41, 5.74) is 3.23. The Kier molecular flexibility index (Phi) is 6.12. The van der Waals surface area contributed by atoms with E-state index in [0.29, 0.717) is 5.41 Å². The van der Waals surface area contributed by atoms with Crippen LogP contribution in [0.15, 0.2) is 29.3 Å². The van der Waals surface area contributed by atoms with E-state index in [4.69, 9.17) is 4.99 Å². The lowest BCUT2D eigenvalue weighted by Crippen LogP contribution is -2.40. The molecule has 1 aliphatic heterocycles. The van der Waals surface area contributed by atoms with Crippen molar-refractivity contribution in [1.82, 2.24) is 10.2 Å². The summed E-state index contributed by atoms with van der Waals surface area (Å²) < 4.78 is 0. The van der Waals surface area contributed by atoms with Crippen LogP contribution in [0, 0.1) is 6.92 Å². The Morgan fingerprint density at radius 1 is 1.23 bits per heavy atom. The Balaban J connectivity index is 0.00000176. The molecule has 1 N–H and O–H groups in total. The summed E-state index contributed by atoms with van der Waals surface area (Å²) in [5, 5.41) is 3.47. The third-order valence-electron chi connectivity index (χ3n) is 4.84. The van der Waals surface area contributed by atoms with E-state index in [9.17, 15) is 0 Å². The van der Waals surface area contributed by atoms with Crippen LogP contribution in [0.2, 0.25) is 0 Å². The Morgan fingerprint density at radius 3 is 2.50 bits per heavy atom.